The summed E-state index contributed by atoms with van der Waals surface area (Å²) in [6.07, 6.45) is 0. The predicted octanol–water partition coefficient (Wildman–Crippen LogP) is 4.52. The van der Waals surface area contributed by atoms with Crippen LogP contribution in [0, 0.1) is 14.8 Å². The number of hydrogen-bond donors (Lipinski definition) is 2. The van der Waals surface area contributed by atoms with E-state index in [9.17, 15) is 4.39 Å². The SMILES string of the molecule is CC1(C)NCc2ccc(C(=N)c3cc(F)c(I)cc3N=[N+]=[N-])nc21. The molecule has 122 valence electrons. The van der Waals surface area contributed by atoms with Gasteiger partial charge in [0.1, 0.15) is 5.82 Å². The molecule has 0 fully saturated rings. The fraction of sp³-hybridized carbons (Fsp3) is 0.250. The first-order valence-electron chi connectivity index (χ1n) is 7.22. The third kappa shape index (κ3) is 2.88. The van der Waals surface area contributed by atoms with E-state index < -0.39 is 5.82 Å². The average Bonchev–Trinajstić information content (AvgIpc) is 2.85. The molecule has 1 aromatic heterocycles. The van der Waals surface area contributed by atoms with Crippen LogP contribution in [0.25, 0.3) is 10.4 Å². The Labute approximate surface area is 151 Å². The lowest BCUT2D eigenvalue weighted by atomic mass is 9.98. The minimum Gasteiger partial charge on any atom is -0.302 e. The van der Waals surface area contributed by atoms with Gasteiger partial charge in [-0.25, -0.2) is 9.37 Å². The largest absolute Gasteiger partial charge is 0.302 e. The van der Waals surface area contributed by atoms with Crippen LogP contribution >= 0.6 is 22.6 Å². The summed E-state index contributed by atoms with van der Waals surface area (Å²) in [6, 6.07) is 6.30. The van der Waals surface area contributed by atoms with E-state index >= 15 is 0 Å². The van der Waals surface area contributed by atoms with Crippen molar-refractivity contribution in [3.63, 3.8) is 0 Å². The number of nitrogens with zero attached hydrogens (tertiary/aromatic N) is 4. The number of hydrogen-bond acceptors (Lipinski definition) is 4. The van der Waals surface area contributed by atoms with Crippen molar-refractivity contribution in [3.05, 3.63) is 66.6 Å². The molecule has 0 atom stereocenters. The van der Waals surface area contributed by atoms with Gasteiger partial charge in [0, 0.05) is 26.3 Å². The van der Waals surface area contributed by atoms with Gasteiger partial charge in [0.2, 0.25) is 0 Å². The van der Waals surface area contributed by atoms with Gasteiger partial charge in [-0.15, -0.1) is 0 Å². The van der Waals surface area contributed by atoms with Gasteiger partial charge in [-0.05, 0) is 65.7 Å². The molecule has 24 heavy (non-hydrogen) atoms. The Morgan fingerprint density at radius 2 is 2.21 bits per heavy atom. The second kappa shape index (κ2) is 6.12. The fourth-order valence-corrected chi connectivity index (χ4v) is 3.17. The molecule has 8 heteroatoms. The summed E-state index contributed by atoms with van der Waals surface area (Å²) in [5.74, 6) is -0.463. The monoisotopic (exact) mass is 436 g/mol. The number of pyridine rings is 1. The van der Waals surface area contributed by atoms with Crippen molar-refractivity contribution in [1.82, 2.24) is 10.3 Å². The highest BCUT2D eigenvalue weighted by molar-refractivity contribution is 14.1. The van der Waals surface area contributed by atoms with Crippen LogP contribution in [0.5, 0.6) is 0 Å². The highest BCUT2D eigenvalue weighted by Crippen LogP contribution is 2.31. The minimum absolute atomic E-state index is 0.0261. The molecule has 0 unspecified atom stereocenters. The van der Waals surface area contributed by atoms with E-state index in [2.05, 4.69) is 20.3 Å². The average molecular weight is 436 g/mol. The van der Waals surface area contributed by atoms with E-state index in [1.807, 2.05) is 42.5 Å². The van der Waals surface area contributed by atoms with Gasteiger partial charge < -0.3 is 5.32 Å². The van der Waals surface area contributed by atoms with E-state index in [1.54, 1.807) is 6.07 Å². The zero-order valence-electron chi connectivity index (χ0n) is 13.1. The quantitative estimate of drug-likeness (QED) is 0.243. The Kier molecular flexibility index (Phi) is 4.29. The van der Waals surface area contributed by atoms with E-state index in [0.29, 0.717) is 9.26 Å². The first-order chi connectivity index (χ1) is 11.3. The molecule has 0 spiro atoms. The Balaban J connectivity index is 2.11. The Bertz CT molecular complexity index is 902. The number of nitrogens with one attached hydrogen (secondary N) is 2. The number of fused-ring (bicyclic) bond motifs is 1. The van der Waals surface area contributed by atoms with Crippen LogP contribution in [0.3, 0.4) is 0 Å². The maximum atomic E-state index is 13.9. The van der Waals surface area contributed by atoms with Crippen molar-refractivity contribution in [3.8, 4) is 0 Å². The van der Waals surface area contributed by atoms with Gasteiger partial charge in [0.15, 0.2) is 0 Å². The summed E-state index contributed by atoms with van der Waals surface area (Å²) in [7, 11) is 0. The molecule has 0 aliphatic carbocycles. The van der Waals surface area contributed by atoms with Gasteiger partial charge in [-0.1, -0.05) is 11.2 Å². The standard InChI is InChI=1S/C16H14FIN6/c1-16(2)15-8(7-21-16)3-4-12(22-15)14(19)9-5-10(17)11(18)6-13(9)23-24-20/h3-6,19,21H,7H2,1-2H3. The number of aromatic nitrogens is 1. The molecule has 1 aliphatic heterocycles. The normalized spacial score (nSPS) is 14.8. The third-order valence-corrected chi connectivity index (χ3v) is 4.83. The predicted molar refractivity (Wildman–Crippen MR) is 98.0 cm³/mol. The smallest absolute Gasteiger partial charge is 0.137 e. The molecule has 0 radical (unpaired) electrons. The Morgan fingerprint density at radius 3 is 2.92 bits per heavy atom. The zero-order chi connectivity index (χ0) is 17.5. The van der Waals surface area contributed by atoms with Crippen molar-refractivity contribution in [1.29, 1.82) is 5.41 Å². The number of rotatable bonds is 3. The van der Waals surface area contributed by atoms with Crippen molar-refractivity contribution in [2.45, 2.75) is 25.9 Å². The summed E-state index contributed by atoms with van der Waals surface area (Å²) >= 11 is 1.82. The first kappa shape index (κ1) is 16.8. The lowest BCUT2D eigenvalue weighted by Crippen LogP contribution is -2.30. The molecule has 0 bridgehead atoms. The Morgan fingerprint density at radius 1 is 1.46 bits per heavy atom. The second-order valence-electron chi connectivity index (χ2n) is 6.03. The summed E-state index contributed by atoms with van der Waals surface area (Å²) < 4.78 is 14.3. The molecular formula is C16H14FIN6. The number of azide groups is 1. The second-order valence-corrected chi connectivity index (χ2v) is 7.19. The van der Waals surface area contributed by atoms with Crippen molar-refractivity contribution >= 4 is 34.0 Å². The van der Waals surface area contributed by atoms with Crippen molar-refractivity contribution in [2.75, 3.05) is 0 Å². The van der Waals surface area contributed by atoms with E-state index in [0.717, 1.165) is 17.8 Å². The highest BCUT2D eigenvalue weighted by Gasteiger charge is 2.31. The van der Waals surface area contributed by atoms with Crippen molar-refractivity contribution in [2.24, 2.45) is 5.11 Å². The molecule has 1 aliphatic rings. The van der Waals surface area contributed by atoms with Crippen LogP contribution in [-0.2, 0) is 12.1 Å². The summed E-state index contributed by atoms with van der Waals surface area (Å²) in [6.45, 7) is 4.77. The highest BCUT2D eigenvalue weighted by atomic mass is 127. The fourth-order valence-electron chi connectivity index (χ4n) is 2.72. The van der Waals surface area contributed by atoms with Crippen LogP contribution < -0.4 is 5.32 Å². The van der Waals surface area contributed by atoms with Crippen LogP contribution in [0.4, 0.5) is 10.1 Å². The number of halogens is 2. The lowest BCUT2D eigenvalue weighted by molar-refractivity contribution is 0.433. The lowest BCUT2D eigenvalue weighted by Gasteiger charge is -2.19. The molecule has 2 heterocycles. The van der Waals surface area contributed by atoms with Gasteiger partial charge in [0.05, 0.1) is 22.6 Å². The molecule has 1 aromatic carbocycles. The van der Waals surface area contributed by atoms with Crippen LogP contribution in [-0.4, -0.2) is 10.7 Å². The van der Waals surface area contributed by atoms with Crippen LogP contribution in [0.1, 0.15) is 36.4 Å². The maximum Gasteiger partial charge on any atom is 0.137 e. The van der Waals surface area contributed by atoms with Gasteiger partial charge in [-0.2, -0.15) is 0 Å². The molecule has 0 saturated heterocycles. The molecule has 0 saturated carbocycles. The summed E-state index contributed by atoms with van der Waals surface area (Å²) in [5.41, 5.74) is 11.3. The molecule has 0 amide bonds. The van der Waals surface area contributed by atoms with E-state index in [1.165, 1.54) is 12.1 Å². The van der Waals surface area contributed by atoms with Crippen molar-refractivity contribution < 1.29 is 4.39 Å². The molecule has 2 N–H and O–H groups in total. The number of benzene rings is 1. The summed E-state index contributed by atoms with van der Waals surface area (Å²) in [4.78, 5) is 7.36. The Hall–Kier alpha value is -2.03. The van der Waals surface area contributed by atoms with Crippen LogP contribution in [0.2, 0.25) is 0 Å². The van der Waals surface area contributed by atoms with Crippen LogP contribution in [0.15, 0.2) is 29.4 Å². The molecule has 6 nitrogen and oxygen atoms in total. The molecular weight excluding hydrogens is 422 g/mol. The first-order valence-corrected chi connectivity index (χ1v) is 8.30. The third-order valence-electron chi connectivity index (χ3n) is 4.01. The van der Waals surface area contributed by atoms with Gasteiger partial charge in [0.25, 0.3) is 0 Å². The van der Waals surface area contributed by atoms with E-state index in [4.69, 9.17) is 10.9 Å². The maximum absolute atomic E-state index is 13.9. The topological polar surface area (TPSA) is 97.5 Å². The van der Waals surface area contributed by atoms with E-state index in [-0.39, 0.29) is 22.5 Å². The zero-order valence-corrected chi connectivity index (χ0v) is 15.2. The minimum atomic E-state index is -0.463. The molecule has 3 rings (SSSR count). The molecule has 2 aromatic rings. The van der Waals surface area contributed by atoms with Gasteiger partial charge >= 0.3 is 0 Å². The summed E-state index contributed by atoms with van der Waals surface area (Å²) in [5, 5.41) is 15.4. The van der Waals surface area contributed by atoms with Gasteiger partial charge in [-0.3, -0.25) is 5.41 Å².